The van der Waals surface area contributed by atoms with Crippen molar-refractivity contribution in [2.45, 2.75) is 24.9 Å². The van der Waals surface area contributed by atoms with Crippen LogP contribution in [0.25, 0.3) is 16.9 Å². The molecule has 0 saturated heterocycles. The number of hydrogen-bond acceptors (Lipinski definition) is 4. The summed E-state index contributed by atoms with van der Waals surface area (Å²) in [5.41, 5.74) is 1.26. The molecule has 144 valence electrons. The number of hydrogen-bond donors (Lipinski definition) is 0. The summed E-state index contributed by atoms with van der Waals surface area (Å²) in [6.45, 7) is 0. The monoisotopic (exact) mass is 387 g/mol. The van der Waals surface area contributed by atoms with E-state index in [9.17, 15) is 18.0 Å². The number of alkyl halides is 3. The predicted octanol–water partition coefficient (Wildman–Crippen LogP) is 4.62. The number of aromatic nitrogens is 3. The zero-order chi connectivity index (χ0) is 19.9. The van der Waals surface area contributed by atoms with Crippen molar-refractivity contribution in [3.8, 4) is 16.9 Å². The van der Waals surface area contributed by atoms with E-state index in [1.807, 2.05) is 0 Å². The Bertz CT molecular complexity index is 1020. The summed E-state index contributed by atoms with van der Waals surface area (Å²) in [6, 6.07) is 8.37. The van der Waals surface area contributed by atoms with Crippen molar-refractivity contribution >= 4 is 5.97 Å². The van der Waals surface area contributed by atoms with Gasteiger partial charge in [-0.05, 0) is 43.2 Å². The van der Waals surface area contributed by atoms with Crippen LogP contribution in [0.2, 0.25) is 0 Å². The highest BCUT2D eigenvalue weighted by atomic mass is 19.4. The molecule has 0 atom stereocenters. The van der Waals surface area contributed by atoms with Gasteiger partial charge < -0.3 is 4.74 Å². The van der Waals surface area contributed by atoms with Gasteiger partial charge in [-0.15, -0.1) is 0 Å². The molecule has 0 radical (unpaired) electrons. The molecule has 0 unspecified atom stereocenters. The fraction of sp³-hybridized carbons (Fsp3) is 0.250. The van der Waals surface area contributed by atoms with Gasteiger partial charge in [0, 0.05) is 23.9 Å². The van der Waals surface area contributed by atoms with Crippen LogP contribution in [0.5, 0.6) is 0 Å². The van der Waals surface area contributed by atoms with Gasteiger partial charge in [0.05, 0.1) is 24.1 Å². The van der Waals surface area contributed by atoms with Crippen LogP contribution in [0, 0.1) is 0 Å². The fourth-order valence-corrected chi connectivity index (χ4v) is 3.18. The van der Waals surface area contributed by atoms with Crippen LogP contribution >= 0.6 is 0 Å². The molecule has 1 aromatic carbocycles. The van der Waals surface area contributed by atoms with E-state index in [4.69, 9.17) is 4.74 Å². The zero-order valence-corrected chi connectivity index (χ0v) is 14.9. The van der Waals surface area contributed by atoms with Crippen LogP contribution in [0.15, 0.2) is 48.8 Å². The topological polar surface area (TPSA) is 57.0 Å². The second kappa shape index (κ2) is 6.78. The van der Waals surface area contributed by atoms with Crippen LogP contribution < -0.4 is 0 Å². The van der Waals surface area contributed by atoms with E-state index in [0.29, 0.717) is 17.0 Å². The van der Waals surface area contributed by atoms with Crippen molar-refractivity contribution in [3.63, 3.8) is 0 Å². The average molecular weight is 387 g/mol. The van der Waals surface area contributed by atoms with Crippen molar-refractivity contribution in [1.29, 1.82) is 0 Å². The molecule has 2 heterocycles. The SMILES string of the molecule is COC(=O)c1c(-c2cccnc2)nn(-c2cccc(C(F)(F)F)c2)c1C1CC1. The van der Waals surface area contributed by atoms with Crippen molar-refractivity contribution in [2.24, 2.45) is 0 Å². The maximum atomic E-state index is 13.2. The van der Waals surface area contributed by atoms with E-state index in [-0.39, 0.29) is 17.2 Å². The summed E-state index contributed by atoms with van der Waals surface area (Å²) in [6.07, 6.45) is 0.345. The molecule has 0 N–H and O–H groups in total. The van der Waals surface area contributed by atoms with Gasteiger partial charge in [0.25, 0.3) is 0 Å². The molecule has 0 spiro atoms. The first-order valence-electron chi connectivity index (χ1n) is 8.69. The number of benzene rings is 1. The summed E-state index contributed by atoms with van der Waals surface area (Å²) < 4.78 is 45.9. The number of rotatable bonds is 4. The summed E-state index contributed by atoms with van der Waals surface area (Å²) >= 11 is 0. The van der Waals surface area contributed by atoms with E-state index < -0.39 is 17.7 Å². The van der Waals surface area contributed by atoms with Crippen LogP contribution in [0.3, 0.4) is 0 Å². The van der Waals surface area contributed by atoms with Crippen LogP contribution in [0.4, 0.5) is 13.2 Å². The van der Waals surface area contributed by atoms with Crippen molar-refractivity contribution < 1.29 is 22.7 Å². The van der Waals surface area contributed by atoms with Gasteiger partial charge in [0.2, 0.25) is 0 Å². The number of carbonyl (C=O) groups excluding carboxylic acids is 1. The smallest absolute Gasteiger partial charge is 0.416 e. The summed E-state index contributed by atoms with van der Waals surface area (Å²) in [4.78, 5) is 16.6. The number of esters is 1. The lowest BCUT2D eigenvalue weighted by Crippen LogP contribution is -2.09. The van der Waals surface area contributed by atoms with Gasteiger partial charge in [-0.3, -0.25) is 4.98 Å². The highest BCUT2D eigenvalue weighted by molar-refractivity contribution is 5.98. The van der Waals surface area contributed by atoms with E-state index in [0.717, 1.165) is 25.0 Å². The molecule has 4 rings (SSSR count). The number of nitrogens with zero attached hydrogens (tertiary/aromatic N) is 3. The maximum Gasteiger partial charge on any atom is 0.416 e. The Morgan fingerprint density at radius 3 is 2.61 bits per heavy atom. The standard InChI is InChI=1S/C20H16F3N3O2/c1-28-19(27)16-17(13-4-3-9-24-11-13)25-26(18(16)12-7-8-12)15-6-2-5-14(10-15)20(21,22)23/h2-6,9-12H,7-8H2,1H3. The molecule has 1 fully saturated rings. The average Bonchev–Trinajstić information content (AvgIpc) is 3.46. The van der Waals surface area contributed by atoms with Crippen molar-refractivity contribution in [1.82, 2.24) is 14.8 Å². The summed E-state index contributed by atoms with van der Waals surface area (Å²) in [7, 11) is 1.27. The number of ether oxygens (including phenoxy) is 1. The van der Waals surface area contributed by atoms with Gasteiger partial charge in [0.1, 0.15) is 11.3 Å². The van der Waals surface area contributed by atoms with Gasteiger partial charge in [-0.25, -0.2) is 9.48 Å². The van der Waals surface area contributed by atoms with Crippen LogP contribution in [-0.4, -0.2) is 27.8 Å². The highest BCUT2D eigenvalue weighted by Crippen LogP contribution is 2.45. The minimum Gasteiger partial charge on any atom is -0.465 e. The lowest BCUT2D eigenvalue weighted by Gasteiger charge is -2.11. The third-order valence-electron chi connectivity index (χ3n) is 4.63. The lowest BCUT2D eigenvalue weighted by atomic mass is 10.0. The van der Waals surface area contributed by atoms with Crippen LogP contribution in [-0.2, 0) is 10.9 Å². The molecule has 1 aliphatic rings. The Kier molecular flexibility index (Phi) is 4.41. The minimum atomic E-state index is -4.47. The molecule has 5 nitrogen and oxygen atoms in total. The Hall–Kier alpha value is -3.16. The maximum absolute atomic E-state index is 13.2. The fourth-order valence-electron chi connectivity index (χ4n) is 3.18. The quantitative estimate of drug-likeness (QED) is 0.613. The first-order valence-corrected chi connectivity index (χ1v) is 8.69. The molecule has 0 bridgehead atoms. The largest absolute Gasteiger partial charge is 0.465 e. The summed E-state index contributed by atoms with van der Waals surface area (Å²) in [5, 5.41) is 4.51. The third kappa shape index (κ3) is 3.26. The predicted molar refractivity (Wildman–Crippen MR) is 95.1 cm³/mol. The second-order valence-electron chi connectivity index (χ2n) is 6.58. The van der Waals surface area contributed by atoms with E-state index in [1.165, 1.54) is 17.9 Å². The molecule has 2 aromatic heterocycles. The Labute approximate surface area is 158 Å². The molecule has 8 heteroatoms. The highest BCUT2D eigenvalue weighted by Gasteiger charge is 2.37. The lowest BCUT2D eigenvalue weighted by molar-refractivity contribution is -0.137. The Morgan fingerprint density at radius 2 is 2.00 bits per heavy atom. The van der Waals surface area contributed by atoms with Gasteiger partial charge in [-0.2, -0.15) is 18.3 Å². The number of carbonyl (C=O) groups is 1. The Balaban J connectivity index is 1.96. The molecular weight excluding hydrogens is 371 g/mol. The minimum absolute atomic E-state index is 0.0431. The first-order chi connectivity index (χ1) is 13.4. The molecule has 28 heavy (non-hydrogen) atoms. The van der Waals surface area contributed by atoms with E-state index >= 15 is 0 Å². The van der Waals surface area contributed by atoms with Crippen molar-refractivity contribution in [3.05, 3.63) is 65.6 Å². The van der Waals surface area contributed by atoms with Gasteiger partial charge in [0.15, 0.2) is 0 Å². The number of pyridine rings is 1. The molecular formula is C20H16F3N3O2. The third-order valence-corrected chi connectivity index (χ3v) is 4.63. The van der Waals surface area contributed by atoms with Crippen LogP contribution in [0.1, 0.15) is 40.4 Å². The van der Waals surface area contributed by atoms with E-state index in [1.54, 1.807) is 30.6 Å². The molecule has 3 aromatic rings. The Morgan fingerprint density at radius 1 is 1.21 bits per heavy atom. The van der Waals surface area contributed by atoms with Gasteiger partial charge >= 0.3 is 12.1 Å². The van der Waals surface area contributed by atoms with Crippen molar-refractivity contribution in [2.75, 3.05) is 7.11 Å². The second-order valence-corrected chi connectivity index (χ2v) is 6.58. The molecule has 0 aliphatic heterocycles. The normalized spacial score (nSPS) is 14.1. The molecule has 1 aliphatic carbocycles. The molecule has 0 amide bonds. The zero-order valence-electron chi connectivity index (χ0n) is 14.9. The first kappa shape index (κ1) is 18.2. The van der Waals surface area contributed by atoms with E-state index in [2.05, 4.69) is 10.1 Å². The molecule has 1 saturated carbocycles. The number of halogens is 3. The summed E-state index contributed by atoms with van der Waals surface area (Å²) in [5.74, 6) is -0.527. The van der Waals surface area contributed by atoms with Gasteiger partial charge in [-0.1, -0.05) is 6.07 Å². The number of methoxy groups -OCH3 is 1.